The second-order valence-electron chi connectivity index (χ2n) is 5.41. The van der Waals surface area contributed by atoms with Gasteiger partial charge in [-0.1, -0.05) is 12.1 Å². The number of aromatic nitrogens is 1. The summed E-state index contributed by atoms with van der Waals surface area (Å²) in [5.41, 5.74) is 0.276. The summed E-state index contributed by atoms with van der Waals surface area (Å²) in [6, 6.07) is 10.6. The van der Waals surface area contributed by atoms with Crippen molar-refractivity contribution in [2.45, 2.75) is 6.92 Å². The molecule has 0 aliphatic heterocycles. The number of carbonyl (C=O) groups is 2. The largest absolute Gasteiger partial charge is 0.358 e. The molecule has 1 aromatic heterocycles. The Morgan fingerprint density at radius 2 is 1.72 bits per heavy atom. The molecule has 0 aliphatic carbocycles. The van der Waals surface area contributed by atoms with E-state index in [0.29, 0.717) is 11.4 Å². The van der Waals surface area contributed by atoms with Crippen molar-refractivity contribution in [1.82, 2.24) is 4.98 Å². The van der Waals surface area contributed by atoms with E-state index >= 15 is 0 Å². The molecule has 0 atom stereocenters. The number of amides is 2. The lowest BCUT2D eigenvalue weighted by molar-refractivity contribution is -0.114. The number of carbonyl (C=O) groups excluding carboxylic acids is 2. The van der Waals surface area contributed by atoms with E-state index in [1.54, 1.807) is 24.3 Å². The molecular weight excluding hydrogens is 325 g/mol. The lowest BCUT2D eigenvalue weighted by Gasteiger charge is -2.08. The Balaban J connectivity index is 1.92. The van der Waals surface area contributed by atoms with Gasteiger partial charge in [0.1, 0.15) is 11.4 Å². The Hall–Kier alpha value is -3.48. The number of rotatable bonds is 3. The van der Waals surface area contributed by atoms with Crippen LogP contribution in [-0.4, -0.2) is 16.8 Å². The van der Waals surface area contributed by atoms with Crippen molar-refractivity contribution in [3.63, 3.8) is 0 Å². The molecule has 2 amide bonds. The minimum Gasteiger partial charge on any atom is -0.358 e. The zero-order valence-corrected chi connectivity index (χ0v) is 13.2. The van der Waals surface area contributed by atoms with Crippen LogP contribution >= 0.6 is 0 Å². The summed E-state index contributed by atoms with van der Waals surface area (Å²) in [7, 11) is 0. The highest BCUT2D eigenvalue weighted by atomic mass is 19.1. The first kappa shape index (κ1) is 16.4. The average Bonchev–Trinajstić information content (AvgIpc) is 2.55. The number of para-hydroxylation sites is 1. The van der Waals surface area contributed by atoms with Gasteiger partial charge in [0.2, 0.25) is 11.3 Å². The van der Waals surface area contributed by atoms with Gasteiger partial charge in [0.05, 0.1) is 5.52 Å². The molecule has 0 saturated carbocycles. The van der Waals surface area contributed by atoms with Gasteiger partial charge < -0.3 is 15.6 Å². The van der Waals surface area contributed by atoms with Crippen molar-refractivity contribution in [1.29, 1.82) is 0 Å². The lowest BCUT2D eigenvalue weighted by Crippen LogP contribution is -2.22. The summed E-state index contributed by atoms with van der Waals surface area (Å²) < 4.78 is 13.7. The van der Waals surface area contributed by atoms with E-state index in [4.69, 9.17) is 0 Å². The van der Waals surface area contributed by atoms with E-state index in [9.17, 15) is 18.8 Å². The van der Waals surface area contributed by atoms with Crippen LogP contribution in [0.4, 0.5) is 15.8 Å². The quantitative estimate of drug-likeness (QED) is 0.685. The minimum atomic E-state index is -0.632. The number of pyridine rings is 1. The number of halogens is 1. The van der Waals surface area contributed by atoms with Crippen molar-refractivity contribution >= 4 is 34.1 Å². The third-order valence-corrected chi connectivity index (χ3v) is 3.55. The molecule has 3 aromatic rings. The number of hydrogen-bond acceptors (Lipinski definition) is 3. The SMILES string of the molecule is CC(=O)Nc1cccc(NC(=O)c2c[nH]c3c(F)cccc3c2=O)c1. The molecular formula is C18H14FN3O3. The third kappa shape index (κ3) is 3.40. The highest BCUT2D eigenvalue weighted by Crippen LogP contribution is 2.16. The van der Waals surface area contributed by atoms with Gasteiger partial charge in [-0.3, -0.25) is 14.4 Å². The van der Waals surface area contributed by atoms with E-state index in [2.05, 4.69) is 15.6 Å². The van der Waals surface area contributed by atoms with Crippen LogP contribution in [-0.2, 0) is 4.79 Å². The van der Waals surface area contributed by atoms with Crippen LogP contribution in [0.1, 0.15) is 17.3 Å². The smallest absolute Gasteiger partial charge is 0.261 e. The molecule has 1 heterocycles. The molecule has 3 rings (SSSR count). The molecule has 126 valence electrons. The lowest BCUT2D eigenvalue weighted by atomic mass is 10.1. The Morgan fingerprint density at radius 1 is 1.04 bits per heavy atom. The van der Waals surface area contributed by atoms with E-state index in [-0.39, 0.29) is 22.4 Å². The Kier molecular flexibility index (Phi) is 4.30. The standard InChI is InChI=1S/C18H14FN3O3/c1-10(23)21-11-4-2-5-12(8-11)22-18(25)14-9-20-16-13(17(14)24)6-3-7-15(16)19/h2-9H,1H3,(H,20,24)(H,21,23)(H,22,25). The Labute approximate surface area is 141 Å². The van der Waals surface area contributed by atoms with Crippen LogP contribution in [0.15, 0.2) is 53.5 Å². The number of benzene rings is 2. The molecule has 0 fully saturated rings. The zero-order valence-electron chi connectivity index (χ0n) is 13.2. The number of fused-ring (bicyclic) bond motifs is 1. The van der Waals surface area contributed by atoms with Gasteiger partial charge in [-0.05, 0) is 30.3 Å². The topological polar surface area (TPSA) is 91.1 Å². The van der Waals surface area contributed by atoms with Gasteiger partial charge in [-0.2, -0.15) is 0 Å². The maximum absolute atomic E-state index is 13.7. The summed E-state index contributed by atoms with van der Waals surface area (Å²) in [5, 5.41) is 5.29. The summed E-state index contributed by atoms with van der Waals surface area (Å²) >= 11 is 0. The molecule has 0 aliphatic rings. The molecule has 0 spiro atoms. The number of anilines is 2. The van der Waals surface area contributed by atoms with Gasteiger partial charge in [-0.15, -0.1) is 0 Å². The Morgan fingerprint density at radius 3 is 2.44 bits per heavy atom. The maximum atomic E-state index is 13.7. The molecule has 0 unspecified atom stereocenters. The maximum Gasteiger partial charge on any atom is 0.261 e. The highest BCUT2D eigenvalue weighted by molar-refractivity contribution is 6.06. The molecule has 0 bridgehead atoms. The van der Waals surface area contributed by atoms with E-state index < -0.39 is 17.2 Å². The molecule has 7 heteroatoms. The fourth-order valence-electron chi connectivity index (χ4n) is 2.46. The Bertz CT molecular complexity index is 1040. The first-order valence-corrected chi connectivity index (χ1v) is 7.44. The summed E-state index contributed by atoms with van der Waals surface area (Å²) in [6.45, 7) is 1.37. The zero-order chi connectivity index (χ0) is 18.0. The number of hydrogen-bond donors (Lipinski definition) is 3. The van der Waals surface area contributed by atoms with Crippen molar-refractivity contribution < 1.29 is 14.0 Å². The molecule has 3 N–H and O–H groups in total. The second kappa shape index (κ2) is 6.56. The minimum absolute atomic E-state index is 0.0525. The van der Waals surface area contributed by atoms with E-state index in [1.165, 1.54) is 31.3 Å². The van der Waals surface area contributed by atoms with Crippen LogP contribution < -0.4 is 16.1 Å². The number of nitrogens with one attached hydrogen (secondary N) is 3. The predicted molar refractivity (Wildman–Crippen MR) is 93.2 cm³/mol. The average molecular weight is 339 g/mol. The second-order valence-corrected chi connectivity index (χ2v) is 5.41. The van der Waals surface area contributed by atoms with Crippen molar-refractivity contribution in [3.05, 3.63) is 70.3 Å². The van der Waals surface area contributed by atoms with Crippen molar-refractivity contribution in [2.24, 2.45) is 0 Å². The number of aromatic amines is 1. The van der Waals surface area contributed by atoms with Gasteiger partial charge in [0.25, 0.3) is 5.91 Å². The first-order chi connectivity index (χ1) is 12.0. The highest BCUT2D eigenvalue weighted by Gasteiger charge is 2.14. The third-order valence-electron chi connectivity index (χ3n) is 3.55. The van der Waals surface area contributed by atoms with E-state index in [0.717, 1.165) is 0 Å². The van der Waals surface area contributed by atoms with Crippen LogP contribution in [0.2, 0.25) is 0 Å². The van der Waals surface area contributed by atoms with Crippen LogP contribution in [0.3, 0.4) is 0 Å². The van der Waals surface area contributed by atoms with Crippen LogP contribution in [0.25, 0.3) is 10.9 Å². The fraction of sp³-hybridized carbons (Fsp3) is 0.0556. The molecule has 0 saturated heterocycles. The monoisotopic (exact) mass is 339 g/mol. The summed E-state index contributed by atoms with van der Waals surface area (Å²) in [6.07, 6.45) is 1.18. The summed E-state index contributed by atoms with van der Waals surface area (Å²) in [4.78, 5) is 38.5. The van der Waals surface area contributed by atoms with E-state index in [1.807, 2.05) is 0 Å². The van der Waals surface area contributed by atoms with Crippen LogP contribution in [0.5, 0.6) is 0 Å². The predicted octanol–water partition coefficient (Wildman–Crippen LogP) is 2.88. The van der Waals surface area contributed by atoms with Crippen molar-refractivity contribution in [2.75, 3.05) is 10.6 Å². The number of H-pyrrole nitrogens is 1. The first-order valence-electron chi connectivity index (χ1n) is 7.44. The fourth-order valence-corrected chi connectivity index (χ4v) is 2.46. The van der Waals surface area contributed by atoms with Crippen molar-refractivity contribution in [3.8, 4) is 0 Å². The molecule has 25 heavy (non-hydrogen) atoms. The van der Waals surface area contributed by atoms with Gasteiger partial charge >= 0.3 is 0 Å². The molecule has 6 nitrogen and oxygen atoms in total. The van der Waals surface area contributed by atoms with Crippen LogP contribution in [0, 0.1) is 5.82 Å². The van der Waals surface area contributed by atoms with Gasteiger partial charge in [0, 0.05) is 29.9 Å². The summed E-state index contributed by atoms with van der Waals surface area (Å²) in [5.74, 6) is -1.44. The molecule has 2 aromatic carbocycles. The van der Waals surface area contributed by atoms with Gasteiger partial charge in [0.15, 0.2) is 0 Å². The van der Waals surface area contributed by atoms with Gasteiger partial charge in [-0.25, -0.2) is 4.39 Å². The normalized spacial score (nSPS) is 10.5. The molecule has 0 radical (unpaired) electrons.